The fraction of sp³-hybridized carbons (Fsp3) is 0.571. The maximum absolute atomic E-state index is 3.97. The normalized spacial score (nSPS) is 13.8. The van der Waals surface area contributed by atoms with Gasteiger partial charge in [0.1, 0.15) is 17.6 Å². The molecule has 0 nitrogen and oxygen atoms in total. The van der Waals surface area contributed by atoms with Gasteiger partial charge in [-0.3, -0.25) is 0 Å². The summed E-state index contributed by atoms with van der Waals surface area (Å²) in [6, 6.07) is 0. The molecule has 0 saturated carbocycles. The molecule has 0 aliphatic rings. The smallest absolute Gasteiger partial charge is 0.107 e. The summed E-state index contributed by atoms with van der Waals surface area (Å²) in [7, 11) is -1.21. The van der Waals surface area contributed by atoms with Gasteiger partial charge in [-0.05, 0) is 10.1 Å². The van der Waals surface area contributed by atoms with Crippen molar-refractivity contribution < 1.29 is 0 Å². The molecule has 0 fully saturated rings. The molecule has 0 bridgehead atoms. The van der Waals surface area contributed by atoms with Gasteiger partial charge in [0.15, 0.2) is 0 Å². The second-order valence-electron chi connectivity index (χ2n) is 6.15. The zero-order valence-corrected chi connectivity index (χ0v) is 13.7. The molecule has 0 aromatic rings. The molecule has 0 spiro atoms. The highest BCUT2D eigenvalue weighted by molar-refractivity contribution is 6.77. The van der Waals surface area contributed by atoms with Gasteiger partial charge in [-0.1, -0.05) is 64.3 Å². The minimum absolute atomic E-state index is 0.356. The van der Waals surface area contributed by atoms with Crippen LogP contribution in [0.3, 0.4) is 0 Å². The third-order valence-electron chi connectivity index (χ3n) is 2.61. The lowest BCUT2D eigenvalue weighted by Gasteiger charge is -2.26. The van der Waals surface area contributed by atoms with Gasteiger partial charge in [-0.15, -0.1) is 13.2 Å². The third kappa shape index (κ3) is 5.12. The van der Waals surface area contributed by atoms with Crippen molar-refractivity contribution in [3.05, 3.63) is 36.0 Å². The summed E-state index contributed by atoms with van der Waals surface area (Å²) < 4.78 is 0. The fourth-order valence-corrected chi connectivity index (χ4v) is 5.36. The van der Waals surface area contributed by atoms with Gasteiger partial charge in [-0.2, -0.15) is 0 Å². The van der Waals surface area contributed by atoms with Crippen molar-refractivity contribution in [3.63, 3.8) is 0 Å². The van der Waals surface area contributed by atoms with Crippen LogP contribution in [0.15, 0.2) is 36.0 Å². The molecule has 0 N–H and O–H groups in total. The van der Waals surface area contributed by atoms with Crippen LogP contribution in [0.2, 0.25) is 10.1 Å². The van der Waals surface area contributed by atoms with E-state index >= 15 is 0 Å². The van der Waals surface area contributed by atoms with Crippen LogP contribution < -0.4 is 0 Å². The van der Waals surface area contributed by atoms with Gasteiger partial charge < -0.3 is 0 Å². The first-order valence-electron chi connectivity index (χ1n) is 5.80. The van der Waals surface area contributed by atoms with Gasteiger partial charge in [0, 0.05) is 0 Å². The van der Waals surface area contributed by atoms with Gasteiger partial charge in [0.25, 0.3) is 0 Å². The van der Waals surface area contributed by atoms with Crippen LogP contribution in [0.4, 0.5) is 0 Å². The number of hydrogen-bond donors (Lipinski definition) is 0. The Morgan fingerprint density at radius 3 is 1.06 bits per heavy atom. The first kappa shape index (κ1) is 15.7. The molecular formula is C14H26Si2. The van der Waals surface area contributed by atoms with Crippen molar-refractivity contribution in [2.24, 2.45) is 0 Å². The van der Waals surface area contributed by atoms with E-state index in [2.05, 4.69) is 77.5 Å². The number of hydrogen-bond acceptors (Lipinski definition) is 0. The van der Waals surface area contributed by atoms with Crippen LogP contribution in [0.1, 0.15) is 41.5 Å². The molecule has 0 amide bonds. The van der Waals surface area contributed by atoms with E-state index in [1.807, 2.05) is 0 Å². The molecule has 0 heterocycles. The predicted molar refractivity (Wildman–Crippen MR) is 80.5 cm³/mol. The monoisotopic (exact) mass is 250 g/mol. The molecule has 0 unspecified atom stereocenters. The average molecular weight is 251 g/mol. The van der Waals surface area contributed by atoms with Crippen LogP contribution in [-0.4, -0.2) is 17.6 Å². The van der Waals surface area contributed by atoms with Crippen LogP contribution in [0.25, 0.3) is 0 Å². The highest BCUT2D eigenvalue weighted by Gasteiger charge is 2.24. The van der Waals surface area contributed by atoms with E-state index in [0.717, 1.165) is 0 Å². The molecule has 90 valence electrons. The summed E-state index contributed by atoms with van der Waals surface area (Å²) in [5, 5.41) is 0.712. The Morgan fingerprint density at radius 2 is 0.938 bits per heavy atom. The lowest BCUT2D eigenvalue weighted by molar-refractivity contribution is 0.746. The number of rotatable bonds is 4. The van der Waals surface area contributed by atoms with Gasteiger partial charge in [0.05, 0.1) is 0 Å². The van der Waals surface area contributed by atoms with Crippen molar-refractivity contribution >= 4 is 17.6 Å². The Balaban J connectivity index is 4.80. The van der Waals surface area contributed by atoms with E-state index in [1.54, 1.807) is 0 Å². The van der Waals surface area contributed by atoms with Gasteiger partial charge in [-0.25, -0.2) is 0 Å². The van der Waals surface area contributed by atoms with Crippen molar-refractivity contribution in [2.45, 2.75) is 51.6 Å². The van der Waals surface area contributed by atoms with E-state index < -0.39 is 17.6 Å². The lowest BCUT2D eigenvalue weighted by atomic mass is 10.2. The van der Waals surface area contributed by atoms with E-state index in [0.29, 0.717) is 10.1 Å². The zero-order valence-electron chi connectivity index (χ0n) is 11.7. The molecule has 0 aliphatic heterocycles. The van der Waals surface area contributed by atoms with Crippen molar-refractivity contribution in [1.29, 1.82) is 0 Å². The summed E-state index contributed by atoms with van der Waals surface area (Å²) >= 11 is 0. The first-order chi connectivity index (χ1) is 7.12. The third-order valence-corrected chi connectivity index (χ3v) is 8.34. The van der Waals surface area contributed by atoms with E-state index in [9.17, 15) is 0 Å². The molecule has 0 saturated heterocycles. The molecule has 0 atom stereocenters. The summed E-state index contributed by atoms with van der Waals surface area (Å²) in [6.07, 6.45) is 0. The van der Waals surface area contributed by atoms with E-state index in [4.69, 9.17) is 0 Å². The van der Waals surface area contributed by atoms with Crippen molar-refractivity contribution in [2.75, 3.05) is 0 Å². The van der Waals surface area contributed by atoms with E-state index in [-0.39, 0.29) is 0 Å². The maximum Gasteiger partial charge on any atom is 0.108 e. The summed E-state index contributed by atoms with van der Waals surface area (Å²) in [6.45, 7) is 21.7. The summed E-state index contributed by atoms with van der Waals surface area (Å²) in [5.41, 5.74) is 9.12. The average Bonchev–Trinajstić information content (AvgIpc) is 2.08. The Kier molecular flexibility index (Phi) is 5.70. The highest BCUT2D eigenvalue weighted by atomic mass is 28.3. The van der Waals surface area contributed by atoms with Crippen molar-refractivity contribution in [3.8, 4) is 0 Å². The van der Waals surface area contributed by atoms with Crippen LogP contribution in [0.5, 0.6) is 0 Å². The largest absolute Gasteiger partial charge is 0.108 e. The zero-order chi connectivity index (χ0) is 13.0. The van der Waals surface area contributed by atoms with E-state index in [1.165, 1.54) is 0 Å². The molecule has 16 heavy (non-hydrogen) atoms. The molecule has 2 radical (unpaired) electrons. The molecule has 0 rings (SSSR count). The van der Waals surface area contributed by atoms with Crippen molar-refractivity contribution in [1.82, 2.24) is 0 Å². The molecule has 0 aromatic carbocycles. The predicted octanol–water partition coefficient (Wildman–Crippen LogP) is 4.66. The highest BCUT2D eigenvalue weighted by Crippen LogP contribution is 2.31. The standard InChI is InChI=1S/C14H26Si2/c1-9-15(13(3,4)5)11-12-16(10-2)14(6,7)8/h9-12H,1-2H2,3-8H3/b12-11+. The van der Waals surface area contributed by atoms with Gasteiger partial charge in [0.2, 0.25) is 0 Å². The minimum atomic E-state index is -0.603. The Hall–Kier alpha value is -0.346. The topological polar surface area (TPSA) is 0 Å². The Labute approximate surface area is 105 Å². The summed E-state index contributed by atoms with van der Waals surface area (Å²) in [5.74, 6) is 0. The van der Waals surface area contributed by atoms with Crippen LogP contribution in [0, 0.1) is 0 Å². The van der Waals surface area contributed by atoms with Crippen LogP contribution >= 0.6 is 0 Å². The SMILES string of the molecule is C=C[Si](/C=C/[Si](C=C)C(C)(C)C)C(C)(C)C. The second-order valence-corrected chi connectivity index (χ2v) is 12.5. The summed E-state index contributed by atoms with van der Waals surface area (Å²) in [4.78, 5) is 0. The maximum atomic E-state index is 3.97. The lowest BCUT2D eigenvalue weighted by Crippen LogP contribution is -2.25. The molecule has 0 aromatic heterocycles. The fourth-order valence-electron chi connectivity index (χ4n) is 1.43. The molecule has 2 heteroatoms. The van der Waals surface area contributed by atoms with Gasteiger partial charge >= 0.3 is 0 Å². The first-order valence-corrected chi connectivity index (χ1v) is 9.11. The Bertz CT molecular complexity index is 235. The quantitative estimate of drug-likeness (QED) is 0.637. The minimum Gasteiger partial charge on any atom is -0.107 e. The Morgan fingerprint density at radius 1 is 0.688 bits per heavy atom. The molecule has 0 aliphatic carbocycles. The second kappa shape index (κ2) is 5.83. The molecular weight excluding hydrogens is 224 g/mol. The van der Waals surface area contributed by atoms with Crippen LogP contribution in [-0.2, 0) is 0 Å².